The standard InChI is InChI=1S/C9H22O2Si2/c1-9(2)10-8-13(6,7)11-12(3,4)5/h1,8H2,2-7H3. The van der Waals surface area contributed by atoms with Crippen LogP contribution in [0.3, 0.4) is 0 Å². The second kappa shape index (κ2) is 4.44. The van der Waals surface area contributed by atoms with Crippen molar-refractivity contribution < 1.29 is 8.85 Å². The minimum atomic E-state index is -1.62. The Morgan fingerprint density at radius 3 is 1.92 bits per heavy atom. The normalized spacial score (nSPS) is 12.8. The van der Waals surface area contributed by atoms with E-state index in [0.29, 0.717) is 6.23 Å². The van der Waals surface area contributed by atoms with E-state index in [0.717, 1.165) is 5.76 Å². The fourth-order valence-electron chi connectivity index (χ4n) is 1.16. The maximum Gasteiger partial charge on any atom is 0.212 e. The zero-order valence-corrected chi connectivity index (χ0v) is 11.7. The maximum atomic E-state index is 6.09. The molecule has 0 unspecified atom stereocenters. The fraction of sp³-hybridized carbons (Fsp3) is 0.778. The van der Waals surface area contributed by atoms with Crippen molar-refractivity contribution in [3.63, 3.8) is 0 Å². The molecule has 0 aromatic carbocycles. The molecule has 0 heterocycles. The van der Waals surface area contributed by atoms with Crippen molar-refractivity contribution in [1.82, 2.24) is 0 Å². The van der Waals surface area contributed by atoms with Gasteiger partial charge in [-0.15, -0.1) is 0 Å². The van der Waals surface area contributed by atoms with E-state index in [9.17, 15) is 0 Å². The highest BCUT2D eigenvalue weighted by molar-refractivity contribution is 6.84. The highest BCUT2D eigenvalue weighted by Crippen LogP contribution is 2.14. The summed E-state index contributed by atoms with van der Waals surface area (Å²) in [5.74, 6) is 0.778. The van der Waals surface area contributed by atoms with Crippen LogP contribution in [0.5, 0.6) is 0 Å². The Labute approximate surface area is 84.2 Å². The van der Waals surface area contributed by atoms with Crippen molar-refractivity contribution in [2.24, 2.45) is 0 Å². The molecule has 0 radical (unpaired) electrons. The molecular formula is C9H22O2Si2. The molecule has 13 heavy (non-hydrogen) atoms. The lowest BCUT2D eigenvalue weighted by Crippen LogP contribution is -2.45. The van der Waals surface area contributed by atoms with Gasteiger partial charge in [0.1, 0.15) is 6.23 Å². The molecule has 0 N–H and O–H groups in total. The Morgan fingerprint density at radius 2 is 1.62 bits per heavy atom. The summed E-state index contributed by atoms with van der Waals surface area (Å²) in [5.41, 5.74) is 0. The van der Waals surface area contributed by atoms with Crippen molar-refractivity contribution in [1.29, 1.82) is 0 Å². The van der Waals surface area contributed by atoms with Gasteiger partial charge in [0.2, 0.25) is 8.32 Å². The highest BCUT2D eigenvalue weighted by Gasteiger charge is 2.30. The monoisotopic (exact) mass is 218 g/mol. The first-order valence-corrected chi connectivity index (χ1v) is 11.1. The maximum absolute atomic E-state index is 6.09. The lowest BCUT2D eigenvalue weighted by molar-refractivity contribution is 0.250. The SMILES string of the molecule is C=C(C)OC[Si](C)(C)O[Si](C)(C)C. The lowest BCUT2D eigenvalue weighted by Gasteiger charge is -2.31. The van der Waals surface area contributed by atoms with Crippen LogP contribution in [0.2, 0.25) is 32.7 Å². The molecular weight excluding hydrogens is 196 g/mol. The molecule has 2 nitrogen and oxygen atoms in total. The van der Waals surface area contributed by atoms with E-state index in [1.54, 1.807) is 0 Å². The van der Waals surface area contributed by atoms with Gasteiger partial charge >= 0.3 is 0 Å². The molecule has 0 spiro atoms. The van der Waals surface area contributed by atoms with Crippen molar-refractivity contribution >= 4 is 16.6 Å². The average molecular weight is 218 g/mol. The lowest BCUT2D eigenvalue weighted by atomic mass is 10.7. The predicted octanol–water partition coefficient (Wildman–Crippen LogP) is 3.13. The molecule has 0 aliphatic heterocycles. The largest absolute Gasteiger partial charge is 0.500 e. The van der Waals surface area contributed by atoms with E-state index >= 15 is 0 Å². The molecule has 0 aliphatic rings. The molecule has 0 bridgehead atoms. The van der Waals surface area contributed by atoms with Gasteiger partial charge in [-0.1, -0.05) is 6.58 Å². The van der Waals surface area contributed by atoms with Gasteiger partial charge < -0.3 is 8.85 Å². The number of hydrogen-bond donors (Lipinski definition) is 0. The van der Waals surface area contributed by atoms with Crippen LogP contribution in [-0.2, 0) is 8.85 Å². The van der Waals surface area contributed by atoms with Crippen LogP contribution in [0.4, 0.5) is 0 Å². The molecule has 0 aromatic heterocycles. The van der Waals surface area contributed by atoms with E-state index in [-0.39, 0.29) is 0 Å². The summed E-state index contributed by atoms with van der Waals surface area (Å²) in [6, 6.07) is 0. The van der Waals surface area contributed by atoms with Gasteiger partial charge in [0.15, 0.2) is 8.32 Å². The smallest absolute Gasteiger partial charge is 0.212 e. The van der Waals surface area contributed by atoms with Gasteiger partial charge in [0.05, 0.1) is 5.76 Å². The van der Waals surface area contributed by atoms with E-state index in [4.69, 9.17) is 8.85 Å². The molecule has 0 aromatic rings. The van der Waals surface area contributed by atoms with Crippen LogP contribution in [0.15, 0.2) is 12.3 Å². The Morgan fingerprint density at radius 1 is 1.15 bits per heavy atom. The van der Waals surface area contributed by atoms with Crippen molar-refractivity contribution in [2.75, 3.05) is 6.23 Å². The molecule has 78 valence electrons. The molecule has 0 saturated heterocycles. The zero-order valence-electron chi connectivity index (χ0n) is 9.73. The summed E-state index contributed by atoms with van der Waals surface area (Å²) < 4.78 is 11.5. The summed E-state index contributed by atoms with van der Waals surface area (Å²) in [5, 5.41) is 0. The number of rotatable bonds is 5. The third-order valence-electron chi connectivity index (χ3n) is 1.25. The van der Waals surface area contributed by atoms with E-state index < -0.39 is 16.6 Å². The average Bonchev–Trinajstić information content (AvgIpc) is 1.78. The molecule has 0 fully saturated rings. The molecule has 0 atom stereocenters. The highest BCUT2D eigenvalue weighted by atomic mass is 28.4. The van der Waals surface area contributed by atoms with Gasteiger partial charge in [0.25, 0.3) is 0 Å². The topological polar surface area (TPSA) is 18.5 Å². The first kappa shape index (κ1) is 12.9. The number of hydrogen-bond acceptors (Lipinski definition) is 2. The zero-order chi connectivity index (χ0) is 10.7. The van der Waals surface area contributed by atoms with Gasteiger partial charge in [-0.05, 0) is 39.7 Å². The quantitative estimate of drug-likeness (QED) is 0.521. The predicted molar refractivity (Wildman–Crippen MR) is 62.7 cm³/mol. The molecule has 0 aliphatic carbocycles. The molecule has 0 amide bonds. The van der Waals surface area contributed by atoms with E-state index in [2.05, 4.69) is 39.3 Å². The van der Waals surface area contributed by atoms with Gasteiger partial charge in [0, 0.05) is 0 Å². The first-order valence-electron chi connectivity index (χ1n) is 4.61. The second-order valence-electron chi connectivity index (χ2n) is 4.96. The third kappa shape index (κ3) is 8.27. The van der Waals surface area contributed by atoms with Crippen molar-refractivity contribution in [2.45, 2.75) is 39.7 Å². The van der Waals surface area contributed by atoms with Crippen molar-refractivity contribution in [3.05, 3.63) is 12.3 Å². The minimum Gasteiger partial charge on any atom is -0.500 e. The Hall–Kier alpha value is -0.0662. The van der Waals surface area contributed by atoms with E-state index in [1.165, 1.54) is 0 Å². The van der Waals surface area contributed by atoms with Gasteiger partial charge in [-0.25, -0.2) is 0 Å². The van der Waals surface area contributed by atoms with Crippen LogP contribution in [0, 0.1) is 0 Å². The van der Waals surface area contributed by atoms with Crippen LogP contribution in [0.25, 0.3) is 0 Å². The second-order valence-corrected chi connectivity index (χ2v) is 13.8. The molecule has 0 saturated carbocycles. The van der Waals surface area contributed by atoms with Crippen LogP contribution in [-0.4, -0.2) is 22.9 Å². The number of allylic oxidation sites excluding steroid dienone is 1. The van der Waals surface area contributed by atoms with E-state index in [1.807, 2.05) is 6.92 Å². The third-order valence-corrected chi connectivity index (χ3v) is 6.75. The van der Waals surface area contributed by atoms with Crippen LogP contribution >= 0.6 is 0 Å². The Kier molecular flexibility index (Phi) is 4.41. The summed E-state index contributed by atoms with van der Waals surface area (Å²) in [4.78, 5) is 0. The fourth-order valence-corrected chi connectivity index (χ4v) is 8.62. The molecule has 4 heteroatoms. The summed E-state index contributed by atoms with van der Waals surface area (Å²) in [7, 11) is -3.04. The summed E-state index contributed by atoms with van der Waals surface area (Å²) in [6.45, 7) is 16.6. The summed E-state index contributed by atoms with van der Waals surface area (Å²) >= 11 is 0. The van der Waals surface area contributed by atoms with Gasteiger partial charge in [-0.2, -0.15) is 0 Å². The summed E-state index contributed by atoms with van der Waals surface area (Å²) in [6.07, 6.45) is 0.715. The number of ether oxygens (including phenoxy) is 1. The Balaban J connectivity index is 4.01. The van der Waals surface area contributed by atoms with Crippen LogP contribution < -0.4 is 0 Å². The van der Waals surface area contributed by atoms with Crippen molar-refractivity contribution in [3.8, 4) is 0 Å². The van der Waals surface area contributed by atoms with Crippen LogP contribution in [0.1, 0.15) is 6.92 Å². The molecule has 0 rings (SSSR count). The Bertz CT molecular complexity index is 183. The first-order chi connectivity index (χ1) is 5.62. The van der Waals surface area contributed by atoms with Gasteiger partial charge in [-0.3, -0.25) is 0 Å². The minimum absolute atomic E-state index is 0.715.